The second-order valence-electron chi connectivity index (χ2n) is 6.91. The zero-order valence-electron chi connectivity index (χ0n) is 17.4. The number of ether oxygens (including phenoxy) is 1. The Morgan fingerprint density at radius 1 is 0.906 bits per heavy atom. The second kappa shape index (κ2) is 9.02. The van der Waals surface area contributed by atoms with E-state index >= 15 is 0 Å². The predicted molar refractivity (Wildman–Crippen MR) is 131 cm³/mol. The van der Waals surface area contributed by atoms with Crippen LogP contribution >= 0.6 is 23.5 Å². The third-order valence-corrected chi connectivity index (χ3v) is 6.69. The molecule has 0 spiro atoms. The van der Waals surface area contributed by atoms with Crippen molar-refractivity contribution in [2.45, 2.75) is 14.8 Å². The zero-order chi connectivity index (χ0) is 21.9. The summed E-state index contributed by atoms with van der Waals surface area (Å²) in [5.74, 6) is 1.45. The first-order valence-corrected chi connectivity index (χ1v) is 11.9. The standard InChI is InChI=1S/C24H19N5OS2/c1-30-16-13-20-22(26-14-16)21(11-12-25-20)32-17-9-7-15(8-10-17)27-23-18-5-3-4-6-19(18)24(31-2)29-28-23/h3-14H,1-2H3,(H,27,28). The van der Waals surface area contributed by atoms with E-state index in [9.17, 15) is 0 Å². The Morgan fingerprint density at radius 2 is 1.72 bits per heavy atom. The van der Waals surface area contributed by atoms with E-state index in [0.29, 0.717) is 5.75 Å². The van der Waals surface area contributed by atoms with Gasteiger partial charge in [-0.2, -0.15) is 0 Å². The number of fused-ring (bicyclic) bond motifs is 2. The van der Waals surface area contributed by atoms with Gasteiger partial charge < -0.3 is 10.1 Å². The van der Waals surface area contributed by atoms with Crippen molar-refractivity contribution in [1.29, 1.82) is 0 Å². The molecular weight excluding hydrogens is 438 g/mol. The van der Waals surface area contributed by atoms with Gasteiger partial charge in [0.2, 0.25) is 0 Å². The Bertz CT molecular complexity index is 1410. The van der Waals surface area contributed by atoms with Gasteiger partial charge >= 0.3 is 0 Å². The molecule has 3 heterocycles. The lowest BCUT2D eigenvalue weighted by Crippen LogP contribution is -1.98. The van der Waals surface area contributed by atoms with Gasteiger partial charge in [0.1, 0.15) is 16.3 Å². The van der Waals surface area contributed by atoms with E-state index in [0.717, 1.165) is 48.1 Å². The van der Waals surface area contributed by atoms with Crippen LogP contribution in [0.3, 0.4) is 0 Å². The number of hydrogen-bond donors (Lipinski definition) is 1. The molecule has 1 N–H and O–H groups in total. The van der Waals surface area contributed by atoms with E-state index in [1.807, 2.05) is 42.7 Å². The molecule has 0 aliphatic heterocycles. The number of pyridine rings is 2. The number of hydrogen-bond acceptors (Lipinski definition) is 8. The fraction of sp³-hybridized carbons (Fsp3) is 0.0833. The monoisotopic (exact) mass is 457 g/mol. The molecule has 0 atom stereocenters. The molecule has 0 aliphatic rings. The van der Waals surface area contributed by atoms with Gasteiger partial charge in [-0.25, -0.2) is 4.98 Å². The van der Waals surface area contributed by atoms with Crippen LogP contribution in [0, 0.1) is 0 Å². The number of methoxy groups -OCH3 is 1. The van der Waals surface area contributed by atoms with Crippen LogP contribution in [0.5, 0.6) is 5.75 Å². The predicted octanol–water partition coefficient (Wildman–Crippen LogP) is 6.20. The van der Waals surface area contributed by atoms with Crippen molar-refractivity contribution in [3.63, 3.8) is 0 Å². The lowest BCUT2D eigenvalue weighted by Gasteiger charge is -2.11. The van der Waals surface area contributed by atoms with Gasteiger partial charge in [0.05, 0.1) is 18.8 Å². The number of benzene rings is 2. The minimum Gasteiger partial charge on any atom is -0.495 e. The summed E-state index contributed by atoms with van der Waals surface area (Å²) in [6.07, 6.45) is 5.52. The Morgan fingerprint density at radius 3 is 2.50 bits per heavy atom. The molecule has 158 valence electrons. The van der Waals surface area contributed by atoms with Gasteiger partial charge in [0, 0.05) is 38.5 Å². The zero-order valence-corrected chi connectivity index (χ0v) is 19.1. The molecule has 0 aliphatic carbocycles. The molecule has 2 aromatic carbocycles. The van der Waals surface area contributed by atoms with E-state index in [1.165, 1.54) is 0 Å². The summed E-state index contributed by atoms with van der Waals surface area (Å²) in [7, 11) is 1.63. The largest absolute Gasteiger partial charge is 0.495 e. The third-order valence-electron chi connectivity index (χ3n) is 4.94. The molecule has 0 saturated carbocycles. The van der Waals surface area contributed by atoms with Crippen molar-refractivity contribution in [2.75, 3.05) is 18.7 Å². The molecule has 0 amide bonds. The van der Waals surface area contributed by atoms with Crippen molar-refractivity contribution in [1.82, 2.24) is 20.2 Å². The average Bonchev–Trinajstić information content (AvgIpc) is 2.85. The second-order valence-corrected chi connectivity index (χ2v) is 8.82. The number of rotatable bonds is 6. The highest BCUT2D eigenvalue weighted by atomic mass is 32.2. The summed E-state index contributed by atoms with van der Waals surface area (Å²) in [6.45, 7) is 0. The van der Waals surface area contributed by atoms with Crippen LogP contribution < -0.4 is 10.1 Å². The first-order valence-electron chi connectivity index (χ1n) is 9.88. The van der Waals surface area contributed by atoms with Crippen molar-refractivity contribution in [2.24, 2.45) is 0 Å². The van der Waals surface area contributed by atoms with E-state index in [1.54, 1.807) is 43.0 Å². The summed E-state index contributed by atoms with van der Waals surface area (Å²) in [6, 6.07) is 20.3. The molecule has 0 radical (unpaired) electrons. The van der Waals surface area contributed by atoms with Gasteiger partial charge in [-0.1, -0.05) is 36.0 Å². The lowest BCUT2D eigenvalue weighted by atomic mass is 10.2. The van der Waals surface area contributed by atoms with Crippen LogP contribution in [-0.2, 0) is 0 Å². The molecule has 0 unspecified atom stereocenters. The van der Waals surface area contributed by atoms with Crippen LogP contribution in [0.2, 0.25) is 0 Å². The molecule has 5 aromatic rings. The summed E-state index contributed by atoms with van der Waals surface area (Å²) in [4.78, 5) is 11.1. The molecule has 6 nitrogen and oxygen atoms in total. The van der Waals surface area contributed by atoms with Crippen LogP contribution in [0.4, 0.5) is 11.5 Å². The quantitative estimate of drug-likeness (QED) is 0.302. The SMILES string of the molecule is COc1cnc2c(Sc3ccc(Nc4nnc(SC)c5ccccc45)cc3)ccnc2c1. The van der Waals surface area contributed by atoms with Gasteiger partial charge in [-0.3, -0.25) is 4.98 Å². The van der Waals surface area contributed by atoms with E-state index in [-0.39, 0.29) is 0 Å². The van der Waals surface area contributed by atoms with Gasteiger partial charge in [-0.15, -0.1) is 22.0 Å². The first kappa shape index (κ1) is 20.5. The Balaban J connectivity index is 1.39. The molecule has 3 aromatic heterocycles. The van der Waals surface area contributed by atoms with Gasteiger partial charge in [0.15, 0.2) is 5.82 Å². The smallest absolute Gasteiger partial charge is 0.161 e. The highest BCUT2D eigenvalue weighted by Gasteiger charge is 2.10. The lowest BCUT2D eigenvalue weighted by molar-refractivity contribution is 0.413. The maximum Gasteiger partial charge on any atom is 0.161 e. The molecule has 0 bridgehead atoms. The fourth-order valence-electron chi connectivity index (χ4n) is 3.37. The minimum atomic E-state index is 0.698. The minimum absolute atomic E-state index is 0.698. The molecule has 5 rings (SSSR count). The number of aromatic nitrogens is 4. The van der Waals surface area contributed by atoms with Crippen LogP contribution in [0.25, 0.3) is 21.8 Å². The Kier molecular flexibility index (Phi) is 5.79. The van der Waals surface area contributed by atoms with Crippen molar-refractivity contribution < 1.29 is 4.74 Å². The van der Waals surface area contributed by atoms with Gasteiger partial charge in [-0.05, 0) is 36.6 Å². The normalized spacial score (nSPS) is 11.1. The van der Waals surface area contributed by atoms with Gasteiger partial charge in [0.25, 0.3) is 0 Å². The highest BCUT2D eigenvalue weighted by Crippen LogP contribution is 2.34. The van der Waals surface area contributed by atoms with Crippen molar-refractivity contribution >= 4 is 56.8 Å². The van der Waals surface area contributed by atoms with Crippen LogP contribution in [-0.4, -0.2) is 33.5 Å². The van der Waals surface area contributed by atoms with E-state index in [4.69, 9.17) is 4.74 Å². The number of anilines is 2. The van der Waals surface area contributed by atoms with E-state index < -0.39 is 0 Å². The highest BCUT2D eigenvalue weighted by molar-refractivity contribution is 7.99. The molecule has 0 fully saturated rings. The Hall–Kier alpha value is -3.36. The maximum atomic E-state index is 5.26. The topological polar surface area (TPSA) is 72.8 Å². The summed E-state index contributed by atoms with van der Waals surface area (Å²) in [5, 5.41) is 15.2. The fourth-order valence-corrected chi connectivity index (χ4v) is 4.80. The first-order chi connectivity index (χ1) is 15.7. The summed E-state index contributed by atoms with van der Waals surface area (Å²) < 4.78 is 5.26. The van der Waals surface area contributed by atoms with Crippen molar-refractivity contribution in [3.8, 4) is 5.75 Å². The summed E-state index contributed by atoms with van der Waals surface area (Å²) in [5.41, 5.74) is 2.62. The summed E-state index contributed by atoms with van der Waals surface area (Å²) >= 11 is 3.25. The number of nitrogens with zero attached hydrogens (tertiary/aromatic N) is 4. The number of nitrogens with one attached hydrogen (secondary N) is 1. The van der Waals surface area contributed by atoms with Crippen molar-refractivity contribution in [3.05, 3.63) is 73.1 Å². The Labute approximate surface area is 193 Å². The third kappa shape index (κ3) is 4.06. The van der Waals surface area contributed by atoms with E-state index in [2.05, 4.69) is 49.7 Å². The molecule has 0 saturated heterocycles. The average molecular weight is 458 g/mol. The van der Waals surface area contributed by atoms with Crippen LogP contribution in [0.1, 0.15) is 0 Å². The number of thioether (sulfide) groups is 1. The van der Waals surface area contributed by atoms with Crippen LogP contribution in [0.15, 0.2) is 87.9 Å². The molecule has 32 heavy (non-hydrogen) atoms. The molecular formula is C24H19N5OS2. The maximum absolute atomic E-state index is 5.26. The molecule has 8 heteroatoms.